The fraction of sp³-hybridized carbons (Fsp3) is 0.129. The van der Waals surface area contributed by atoms with Gasteiger partial charge in [0, 0.05) is 95.6 Å². The largest absolute Gasteiger partial charge is 0.456 e. The molecular formula is C62H45BN2O2S2Si2. The quantitative estimate of drug-likeness (QED) is 0.142. The van der Waals surface area contributed by atoms with E-state index in [9.17, 15) is 0 Å². The number of hydrogen-bond acceptors (Lipinski definition) is 6. The lowest BCUT2D eigenvalue weighted by Crippen LogP contribution is -2.70. The Bertz CT molecular complexity index is 4400. The Morgan fingerprint density at radius 2 is 0.859 bits per heavy atom. The molecule has 0 unspecified atom stereocenters. The van der Waals surface area contributed by atoms with Crippen LogP contribution in [0.15, 0.2) is 154 Å². The van der Waals surface area contributed by atoms with Gasteiger partial charge in [-0.2, -0.15) is 0 Å². The molecule has 0 spiro atoms. The molecule has 8 heterocycles. The second-order valence-corrected chi connectivity index (χ2v) is 33.3. The first-order chi connectivity index (χ1) is 34.4. The summed E-state index contributed by atoms with van der Waals surface area (Å²) < 4.78 is 19.8. The number of anilines is 6. The lowest BCUT2D eigenvalue weighted by Gasteiger charge is -2.52. The first kappa shape index (κ1) is 39.8. The predicted molar refractivity (Wildman–Crippen MR) is 313 cm³/mol. The van der Waals surface area contributed by atoms with Gasteiger partial charge in [0.25, 0.3) is 6.71 Å². The Balaban J connectivity index is 1.10. The molecule has 4 aliphatic rings. The van der Waals surface area contributed by atoms with Crippen LogP contribution in [0.3, 0.4) is 0 Å². The monoisotopic (exact) mass is 980 g/mol. The van der Waals surface area contributed by atoms with Gasteiger partial charge in [0.05, 0.1) is 0 Å². The molecular weight excluding hydrogens is 936 g/mol. The van der Waals surface area contributed by atoms with E-state index in [0.717, 1.165) is 22.3 Å². The van der Waals surface area contributed by atoms with Crippen LogP contribution >= 0.6 is 22.7 Å². The lowest BCUT2D eigenvalue weighted by molar-refractivity contribution is 0.590. The lowest BCUT2D eigenvalue weighted by atomic mass is 9.33. The Labute approximate surface area is 420 Å². The number of benzene rings is 9. The minimum absolute atomic E-state index is 0.0160. The average Bonchev–Trinajstić information content (AvgIpc) is 4.13. The topological polar surface area (TPSA) is 32.8 Å². The number of hydrogen-bond donors (Lipinski definition) is 0. The molecule has 0 atom stereocenters. The molecule has 9 aromatic carbocycles. The van der Waals surface area contributed by atoms with Crippen LogP contribution in [0.5, 0.6) is 0 Å². The zero-order valence-electron chi connectivity index (χ0n) is 40.5. The van der Waals surface area contributed by atoms with Crippen LogP contribution in [0, 0.1) is 0 Å². The third-order valence-electron chi connectivity index (χ3n) is 17.2. The first-order valence-corrected chi connectivity index (χ1v) is 32.7. The third kappa shape index (κ3) is 4.65. The van der Waals surface area contributed by atoms with Gasteiger partial charge in [-0.15, -0.1) is 22.7 Å². The second-order valence-electron chi connectivity index (χ2n) is 22.7. The Hall–Kier alpha value is -6.88. The number of nitrogens with zero attached hydrogens (tertiary/aromatic N) is 2. The van der Waals surface area contributed by atoms with E-state index in [-0.39, 0.29) is 12.1 Å². The summed E-state index contributed by atoms with van der Waals surface area (Å²) in [5.41, 5.74) is 17.3. The van der Waals surface area contributed by atoms with Gasteiger partial charge in [-0.05, 0) is 109 Å². The van der Waals surface area contributed by atoms with Crippen molar-refractivity contribution in [2.24, 2.45) is 0 Å². The van der Waals surface area contributed by atoms with Crippen molar-refractivity contribution >= 4 is 201 Å². The number of thiophene rings is 2. The van der Waals surface area contributed by atoms with Gasteiger partial charge < -0.3 is 18.6 Å². The summed E-state index contributed by atoms with van der Waals surface area (Å²) in [6.07, 6.45) is 0. The first-order valence-electron chi connectivity index (χ1n) is 25.0. The van der Waals surface area contributed by atoms with Crippen molar-refractivity contribution in [2.75, 3.05) is 9.80 Å². The van der Waals surface area contributed by atoms with Crippen molar-refractivity contribution < 1.29 is 8.83 Å². The van der Waals surface area contributed by atoms with Gasteiger partial charge >= 0.3 is 0 Å². The normalized spacial score (nSPS) is 16.0. The van der Waals surface area contributed by atoms with Crippen molar-refractivity contribution in [1.29, 1.82) is 0 Å². The SMILES string of the molecule is CC(C)(C)c1cc2c3c(c1)N1c4ccc5c(oc6ccccc65)c4[Si](C)(C)c4c1c(cc1c4sc4ccccc41)B3c1cc3c(sc4ccccc43)c3c1N2c1ccc2c(oc4ccccc42)c1[Si]3(C)C. The molecule has 9 heteroatoms. The van der Waals surface area contributed by atoms with E-state index in [1.807, 2.05) is 22.7 Å². The molecule has 4 aliphatic heterocycles. The van der Waals surface area contributed by atoms with Crippen LogP contribution < -0.4 is 46.9 Å². The fourth-order valence-electron chi connectivity index (χ4n) is 14.2. The van der Waals surface area contributed by atoms with Crippen molar-refractivity contribution in [3.05, 3.63) is 151 Å². The number of furan rings is 2. The Morgan fingerprint density at radius 1 is 0.437 bits per heavy atom. The Morgan fingerprint density at radius 3 is 1.31 bits per heavy atom. The maximum atomic E-state index is 7.14. The van der Waals surface area contributed by atoms with Crippen LogP contribution in [0.4, 0.5) is 34.1 Å². The summed E-state index contributed by atoms with van der Waals surface area (Å²) in [5, 5.41) is 16.1. The highest BCUT2D eigenvalue weighted by Gasteiger charge is 2.54. The zero-order chi connectivity index (χ0) is 47.4. The minimum Gasteiger partial charge on any atom is -0.456 e. The molecule has 0 aliphatic carbocycles. The van der Waals surface area contributed by atoms with E-state index in [1.165, 1.54) is 139 Å². The molecule has 338 valence electrons. The molecule has 0 saturated heterocycles. The second kappa shape index (κ2) is 12.8. The van der Waals surface area contributed by atoms with E-state index in [1.54, 1.807) is 0 Å². The molecule has 0 saturated carbocycles. The van der Waals surface area contributed by atoms with E-state index in [0.29, 0.717) is 0 Å². The maximum absolute atomic E-state index is 7.14. The summed E-state index contributed by atoms with van der Waals surface area (Å²) in [7, 11) is -5.16. The molecule has 4 aromatic heterocycles. The fourth-order valence-corrected chi connectivity index (χ4v) is 25.0. The van der Waals surface area contributed by atoms with Crippen molar-refractivity contribution in [3.8, 4) is 0 Å². The van der Waals surface area contributed by atoms with Crippen LogP contribution in [-0.2, 0) is 5.41 Å². The molecule has 4 nitrogen and oxygen atoms in total. The highest BCUT2D eigenvalue weighted by molar-refractivity contribution is 7.29. The Kier molecular flexibility index (Phi) is 7.16. The van der Waals surface area contributed by atoms with Gasteiger partial charge in [0.1, 0.15) is 38.5 Å². The van der Waals surface area contributed by atoms with Crippen LogP contribution in [0.25, 0.3) is 84.2 Å². The van der Waals surface area contributed by atoms with E-state index in [2.05, 4.69) is 202 Å². The van der Waals surface area contributed by atoms with Crippen LogP contribution in [0.2, 0.25) is 26.2 Å². The zero-order valence-corrected chi connectivity index (χ0v) is 44.1. The number of para-hydroxylation sites is 2. The van der Waals surface area contributed by atoms with Crippen LogP contribution in [-0.4, -0.2) is 22.9 Å². The standard InChI is InChI=1S/C62H45BN2O2S2Si2/c1-62(2,3)32-28-45-51-46(29-32)65-44-27-25-38-34-17-9-13-21-48(34)67-55(38)59(44)71(6,7)61-53(65)42(31-40-36-19-11-15-23-50(36)69-57(40)61)63(51)41-30-39-35-18-10-14-22-49(35)68-56(39)60-52(41)64(45)43-26-24-37-33-16-8-12-20-47(33)66-54(37)58(43)70(60,4)5/h8-31H,1-7H3. The van der Waals surface area contributed by atoms with Gasteiger partial charge in [-0.1, -0.05) is 132 Å². The van der Waals surface area contributed by atoms with Crippen molar-refractivity contribution in [3.63, 3.8) is 0 Å². The number of rotatable bonds is 0. The van der Waals surface area contributed by atoms with Gasteiger partial charge in [-0.3, -0.25) is 0 Å². The molecule has 0 fully saturated rings. The molecule has 17 rings (SSSR count). The van der Waals surface area contributed by atoms with Gasteiger partial charge in [0.15, 0.2) is 0 Å². The predicted octanol–water partition coefficient (Wildman–Crippen LogP) is 13.9. The van der Waals surface area contributed by atoms with E-state index < -0.39 is 16.1 Å². The van der Waals surface area contributed by atoms with E-state index in [4.69, 9.17) is 8.83 Å². The van der Waals surface area contributed by atoms with Gasteiger partial charge in [-0.25, -0.2) is 0 Å². The minimum atomic E-state index is -2.58. The summed E-state index contributed by atoms with van der Waals surface area (Å²) in [5.74, 6) is 0. The molecule has 13 aromatic rings. The molecule has 0 amide bonds. The highest BCUT2D eigenvalue weighted by atomic mass is 32.1. The summed E-state index contributed by atoms with van der Waals surface area (Å²) >= 11 is 3.98. The molecule has 71 heavy (non-hydrogen) atoms. The van der Waals surface area contributed by atoms with E-state index >= 15 is 0 Å². The smallest absolute Gasteiger partial charge is 0.252 e. The maximum Gasteiger partial charge on any atom is 0.252 e. The van der Waals surface area contributed by atoms with Crippen LogP contribution in [0.1, 0.15) is 26.3 Å². The summed E-state index contributed by atoms with van der Waals surface area (Å²) in [4.78, 5) is 5.46. The molecule has 0 N–H and O–H groups in total. The summed E-state index contributed by atoms with van der Waals surface area (Å²) in [6, 6.07) is 55.6. The number of fused-ring (bicyclic) bond motifs is 24. The van der Waals surface area contributed by atoms with Crippen molar-refractivity contribution in [1.82, 2.24) is 0 Å². The van der Waals surface area contributed by atoms with Crippen molar-refractivity contribution in [2.45, 2.75) is 52.4 Å². The third-order valence-corrected chi connectivity index (χ3v) is 26.9. The summed E-state index contributed by atoms with van der Waals surface area (Å²) in [6.45, 7) is 17.6. The van der Waals surface area contributed by atoms with Gasteiger partial charge in [0.2, 0.25) is 0 Å². The molecule has 0 bridgehead atoms. The average molecular weight is 981 g/mol. The highest BCUT2D eigenvalue weighted by Crippen LogP contribution is 2.53. The molecule has 0 radical (unpaired) electrons.